The van der Waals surface area contributed by atoms with Crippen LogP contribution in [0.25, 0.3) is 10.9 Å². The predicted octanol–water partition coefficient (Wildman–Crippen LogP) is 2.00. The van der Waals surface area contributed by atoms with Gasteiger partial charge in [0.05, 0.1) is 18.0 Å². The Morgan fingerprint density at radius 3 is 2.62 bits per heavy atom. The third kappa shape index (κ3) is 3.04. The molecule has 1 fully saturated rings. The first-order valence-electron chi connectivity index (χ1n) is 7.16. The average Bonchev–Trinajstić information content (AvgIpc) is 2.55. The lowest BCUT2D eigenvalue weighted by Crippen LogP contribution is -2.47. The SMILES string of the molecule is COc1nc(N2CCN(CCCl)CC2)nc2ccccc12. The van der Waals surface area contributed by atoms with Gasteiger partial charge < -0.3 is 9.64 Å². The van der Waals surface area contributed by atoms with Crippen LogP contribution in [0.15, 0.2) is 24.3 Å². The molecule has 0 N–H and O–H groups in total. The second kappa shape index (κ2) is 6.45. The van der Waals surface area contributed by atoms with Crippen LogP contribution in [0.1, 0.15) is 0 Å². The normalized spacial score (nSPS) is 16.4. The van der Waals surface area contributed by atoms with Gasteiger partial charge in [0, 0.05) is 38.6 Å². The van der Waals surface area contributed by atoms with E-state index in [-0.39, 0.29) is 0 Å². The summed E-state index contributed by atoms with van der Waals surface area (Å²) in [5.41, 5.74) is 0.919. The molecule has 0 bridgehead atoms. The van der Waals surface area contributed by atoms with Crippen LogP contribution < -0.4 is 9.64 Å². The van der Waals surface area contributed by atoms with Crippen LogP contribution in [-0.4, -0.2) is 60.6 Å². The van der Waals surface area contributed by atoms with Gasteiger partial charge in [-0.2, -0.15) is 4.98 Å². The summed E-state index contributed by atoms with van der Waals surface area (Å²) in [6, 6.07) is 7.93. The van der Waals surface area contributed by atoms with E-state index in [0.717, 1.165) is 49.6 Å². The molecular weight excluding hydrogens is 288 g/mol. The minimum absolute atomic E-state index is 0.638. The van der Waals surface area contributed by atoms with Gasteiger partial charge in [0.15, 0.2) is 0 Å². The van der Waals surface area contributed by atoms with Gasteiger partial charge in [0.2, 0.25) is 11.8 Å². The lowest BCUT2D eigenvalue weighted by Gasteiger charge is -2.34. The highest BCUT2D eigenvalue weighted by molar-refractivity contribution is 6.18. The van der Waals surface area contributed by atoms with Crippen molar-refractivity contribution in [3.63, 3.8) is 0 Å². The molecular formula is C15H19ClN4O. The van der Waals surface area contributed by atoms with Crippen molar-refractivity contribution in [3.8, 4) is 5.88 Å². The summed E-state index contributed by atoms with van der Waals surface area (Å²) in [5.74, 6) is 2.06. The molecule has 1 aromatic heterocycles. The van der Waals surface area contributed by atoms with Gasteiger partial charge in [-0.3, -0.25) is 4.90 Å². The summed E-state index contributed by atoms with van der Waals surface area (Å²) in [7, 11) is 1.65. The Morgan fingerprint density at radius 2 is 1.90 bits per heavy atom. The van der Waals surface area contributed by atoms with E-state index < -0.39 is 0 Å². The Hall–Kier alpha value is -1.59. The number of hydrogen-bond acceptors (Lipinski definition) is 5. The Morgan fingerprint density at radius 1 is 1.14 bits per heavy atom. The van der Waals surface area contributed by atoms with Crippen molar-refractivity contribution >= 4 is 28.5 Å². The van der Waals surface area contributed by atoms with Crippen LogP contribution in [0.2, 0.25) is 0 Å². The van der Waals surface area contributed by atoms with Crippen molar-refractivity contribution in [3.05, 3.63) is 24.3 Å². The van der Waals surface area contributed by atoms with E-state index in [1.54, 1.807) is 7.11 Å². The highest BCUT2D eigenvalue weighted by atomic mass is 35.5. The van der Waals surface area contributed by atoms with Gasteiger partial charge in [0.25, 0.3) is 0 Å². The van der Waals surface area contributed by atoms with E-state index in [1.165, 1.54) is 0 Å². The Bertz CT molecular complexity index is 614. The average molecular weight is 307 g/mol. The van der Waals surface area contributed by atoms with Gasteiger partial charge >= 0.3 is 0 Å². The zero-order valence-corrected chi connectivity index (χ0v) is 12.9. The topological polar surface area (TPSA) is 41.5 Å². The number of halogens is 1. The number of piperazine rings is 1. The van der Waals surface area contributed by atoms with Gasteiger partial charge in [-0.05, 0) is 12.1 Å². The van der Waals surface area contributed by atoms with Crippen LogP contribution in [0.5, 0.6) is 5.88 Å². The van der Waals surface area contributed by atoms with Crippen LogP contribution in [0.4, 0.5) is 5.95 Å². The summed E-state index contributed by atoms with van der Waals surface area (Å²) < 4.78 is 5.41. The number of para-hydroxylation sites is 1. The molecule has 112 valence electrons. The summed E-state index contributed by atoms with van der Waals surface area (Å²) >= 11 is 5.80. The molecule has 0 saturated carbocycles. The highest BCUT2D eigenvalue weighted by Gasteiger charge is 2.20. The molecule has 5 nitrogen and oxygen atoms in total. The molecule has 1 aliphatic heterocycles. The van der Waals surface area contributed by atoms with Crippen LogP contribution in [0, 0.1) is 0 Å². The third-order valence-electron chi connectivity index (χ3n) is 3.81. The maximum atomic E-state index is 5.80. The molecule has 0 atom stereocenters. The lowest BCUT2D eigenvalue weighted by molar-refractivity contribution is 0.271. The number of alkyl halides is 1. The molecule has 1 aliphatic rings. The number of nitrogens with zero attached hydrogens (tertiary/aromatic N) is 4. The number of ether oxygens (including phenoxy) is 1. The van der Waals surface area contributed by atoms with E-state index in [4.69, 9.17) is 16.3 Å². The van der Waals surface area contributed by atoms with Gasteiger partial charge in [0.1, 0.15) is 0 Å². The van der Waals surface area contributed by atoms with Crippen molar-refractivity contribution in [2.45, 2.75) is 0 Å². The predicted molar refractivity (Wildman–Crippen MR) is 85.5 cm³/mol. The first-order chi connectivity index (χ1) is 10.3. The van der Waals surface area contributed by atoms with Crippen LogP contribution in [-0.2, 0) is 0 Å². The molecule has 2 aromatic rings. The fourth-order valence-electron chi connectivity index (χ4n) is 2.62. The first kappa shape index (κ1) is 14.4. The third-order valence-corrected chi connectivity index (χ3v) is 3.97. The Kier molecular flexibility index (Phi) is 4.41. The summed E-state index contributed by atoms with van der Waals surface area (Å²) in [4.78, 5) is 13.8. The first-order valence-corrected chi connectivity index (χ1v) is 7.69. The number of anilines is 1. The Labute approximate surface area is 129 Å². The van der Waals surface area contributed by atoms with E-state index in [1.807, 2.05) is 24.3 Å². The summed E-state index contributed by atoms with van der Waals surface area (Å²) in [6.07, 6.45) is 0. The van der Waals surface area contributed by atoms with Gasteiger partial charge in [-0.15, -0.1) is 11.6 Å². The number of benzene rings is 1. The molecule has 1 saturated heterocycles. The van der Waals surface area contributed by atoms with E-state index in [0.29, 0.717) is 11.8 Å². The maximum Gasteiger partial charge on any atom is 0.229 e. The fourth-order valence-corrected chi connectivity index (χ4v) is 2.86. The number of fused-ring (bicyclic) bond motifs is 1. The standard InChI is InChI=1S/C15H19ClN4O/c1-21-14-12-4-2-3-5-13(12)17-15(18-14)20-10-8-19(7-6-16)9-11-20/h2-5H,6-11H2,1H3. The van der Waals surface area contributed by atoms with Crippen LogP contribution in [0.3, 0.4) is 0 Å². The van der Waals surface area contributed by atoms with E-state index >= 15 is 0 Å². The number of aromatic nitrogens is 2. The van der Waals surface area contributed by atoms with Crippen molar-refractivity contribution < 1.29 is 4.74 Å². The molecule has 0 radical (unpaired) electrons. The number of rotatable bonds is 4. The Balaban J connectivity index is 1.84. The molecule has 21 heavy (non-hydrogen) atoms. The summed E-state index contributed by atoms with van der Waals surface area (Å²) in [6.45, 7) is 4.75. The van der Waals surface area contributed by atoms with Crippen molar-refractivity contribution in [2.24, 2.45) is 0 Å². The van der Waals surface area contributed by atoms with Crippen molar-refractivity contribution in [2.75, 3.05) is 50.6 Å². The van der Waals surface area contributed by atoms with Gasteiger partial charge in [-0.25, -0.2) is 4.98 Å². The van der Waals surface area contributed by atoms with Crippen LogP contribution >= 0.6 is 11.6 Å². The molecule has 0 unspecified atom stereocenters. The number of methoxy groups -OCH3 is 1. The van der Waals surface area contributed by atoms with E-state index in [9.17, 15) is 0 Å². The molecule has 0 aliphatic carbocycles. The maximum absolute atomic E-state index is 5.80. The fraction of sp³-hybridized carbons (Fsp3) is 0.467. The minimum atomic E-state index is 0.638. The zero-order valence-electron chi connectivity index (χ0n) is 12.1. The van der Waals surface area contributed by atoms with Crippen molar-refractivity contribution in [1.29, 1.82) is 0 Å². The molecule has 0 spiro atoms. The second-order valence-corrected chi connectivity index (χ2v) is 5.45. The van der Waals surface area contributed by atoms with Gasteiger partial charge in [-0.1, -0.05) is 12.1 Å². The van der Waals surface area contributed by atoms with Crippen molar-refractivity contribution in [1.82, 2.24) is 14.9 Å². The smallest absolute Gasteiger partial charge is 0.229 e. The molecule has 1 aromatic carbocycles. The molecule has 6 heteroatoms. The molecule has 0 amide bonds. The number of hydrogen-bond donors (Lipinski definition) is 0. The molecule has 2 heterocycles. The summed E-state index contributed by atoms with van der Waals surface area (Å²) in [5, 5.41) is 0.949. The zero-order chi connectivity index (χ0) is 14.7. The minimum Gasteiger partial charge on any atom is -0.480 e. The highest BCUT2D eigenvalue weighted by Crippen LogP contribution is 2.25. The largest absolute Gasteiger partial charge is 0.480 e. The quantitative estimate of drug-likeness (QED) is 0.808. The second-order valence-electron chi connectivity index (χ2n) is 5.07. The van der Waals surface area contributed by atoms with E-state index in [2.05, 4.69) is 19.8 Å². The molecule has 3 rings (SSSR count). The lowest BCUT2D eigenvalue weighted by atomic mass is 10.2. The monoisotopic (exact) mass is 306 g/mol.